The van der Waals surface area contributed by atoms with Crippen LogP contribution in [0.4, 0.5) is 17.1 Å². The molecule has 2 heterocycles. The van der Waals surface area contributed by atoms with Gasteiger partial charge in [0.25, 0.3) is 0 Å². The molecule has 3 amide bonds. The average Bonchev–Trinajstić information content (AvgIpc) is 3.77. The standard InChI is InChI=1S/C35H41N5O4/c1-20-4-14-28(21(2)16-20)25-9-5-23(6-10-25)17-31(38-32(42)26-11-7-24(8-12-26)19-36-22(3)41)33(43)37-27-13-15-29-30(18-27)40-35-34(39-29)44-35/h4-6,9-10,13-16,18,24,26,31,34-35,39-40H,7-8,11-12,17,19H2,1-3H3,(H,36,41)(H,37,43)(H,38,42). The van der Waals surface area contributed by atoms with E-state index in [1.54, 1.807) is 0 Å². The molecule has 5 N–H and O–H groups in total. The minimum absolute atomic E-state index is 0.00990. The van der Waals surface area contributed by atoms with Crippen LogP contribution in [0.1, 0.15) is 49.3 Å². The third-order valence-electron chi connectivity index (χ3n) is 8.95. The smallest absolute Gasteiger partial charge is 0.247 e. The molecule has 44 heavy (non-hydrogen) atoms. The molecule has 0 radical (unpaired) electrons. The maximum absolute atomic E-state index is 13.7. The molecule has 1 saturated carbocycles. The molecule has 6 rings (SSSR count). The Labute approximate surface area is 258 Å². The highest BCUT2D eigenvalue weighted by atomic mass is 16.6. The van der Waals surface area contributed by atoms with Crippen molar-refractivity contribution in [1.29, 1.82) is 0 Å². The van der Waals surface area contributed by atoms with Gasteiger partial charge >= 0.3 is 0 Å². The fourth-order valence-corrected chi connectivity index (χ4v) is 6.34. The highest BCUT2D eigenvalue weighted by Gasteiger charge is 2.43. The first-order chi connectivity index (χ1) is 21.2. The number of rotatable bonds is 9. The Balaban J connectivity index is 1.15. The quantitative estimate of drug-likeness (QED) is 0.219. The van der Waals surface area contributed by atoms with Gasteiger partial charge < -0.3 is 31.3 Å². The predicted octanol–water partition coefficient (Wildman–Crippen LogP) is 5.10. The van der Waals surface area contributed by atoms with Gasteiger partial charge in [-0.2, -0.15) is 0 Å². The molecule has 3 unspecified atom stereocenters. The maximum atomic E-state index is 13.7. The van der Waals surface area contributed by atoms with Gasteiger partial charge in [-0.3, -0.25) is 14.4 Å². The Kier molecular flexibility index (Phi) is 8.57. The van der Waals surface area contributed by atoms with Gasteiger partial charge in [-0.25, -0.2) is 0 Å². The third kappa shape index (κ3) is 7.05. The van der Waals surface area contributed by atoms with Crippen LogP contribution in [0.3, 0.4) is 0 Å². The third-order valence-corrected chi connectivity index (χ3v) is 8.95. The van der Waals surface area contributed by atoms with Crippen molar-refractivity contribution in [3.05, 3.63) is 77.4 Å². The van der Waals surface area contributed by atoms with E-state index in [9.17, 15) is 14.4 Å². The maximum Gasteiger partial charge on any atom is 0.247 e. The van der Waals surface area contributed by atoms with Crippen LogP contribution in [-0.2, 0) is 25.5 Å². The van der Waals surface area contributed by atoms with Crippen LogP contribution >= 0.6 is 0 Å². The summed E-state index contributed by atoms with van der Waals surface area (Å²) < 4.78 is 5.49. The SMILES string of the molecule is CC(=O)NCC1CCC(C(=O)NC(Cc2ccc(-c3ccc(C)cc3C)cc2)C(=O)Nc2ccc3c(c2)NC2OC2N3)CC1. The van der Waals surface area contributed by atoms with E-state index in [-0.39, 0.29) is 36.1 Å². The van der Waals surface area contributed by atoms with E-state index in [0.29, 0.717) is 24.6 Å². The Morgan fingerprint density at radius 2 is 1.61 bits per heavy atom. The molecule has 0 bridgehead atoms. The molecule has 9 heteroatoms. The number of nitrogens with one attached hydrogen (secondary N) is 5. The fourth-order valence-electron chi connectivity index (χ4n) is 6.34. The van der Waals surface area contributed by atoms with Gasteiger partial charge in [0.15, 0.2) is 12.5 Å². The summed E-state index contributed by atoms with van der Waals surface area (Å²) in [5, 5.41) is 15.6. The van der Waals surface area contributed by atoms with Gasteiger partial charge in [0.1, 0.15) is 6.04 Å². The zero-order chi connectivity index (χ0) is 30.8. The van der Waals surface area contributed by atoms with E-state index in [2.05, 4.69) is 70.8 Å². The molecule has 3 aliphatic rings. The fraction of sp³-hybridized carbons (Fsp3) is 0.400. The summed E-state index contributed by atoms with van der Waals surface area (Å²) in [6.45, 7) is 6.37. The van der Waals surface area contributed by atoms with Crippen LogP contribution in [-0.4, -0.2) is 42.8 Å². The largest absolute Gasteiger partial charge is 0.356 e. The highest BCUT2D eigenvalue weighted by molar-refractivity contribution is 5.98. The minimum Gasteiger partial charge on any atom is -0.356 e. The lowest BCUT2D eigenvalue weighted by Gasteiger charge is -2.29. The van der Waals surface area contributed by atoms with Crippen LogP contribution in [0, 0.1) is 25.7 Å². The van der Waals surface area contributed by atoms with Gasteiger partial charge in [0.05, 0.1) is 11.4 Å². The molecule has 3 aromatic carbocycles. The van der Waals surface area contributed by atoms with Crippen LogP contribution in [0.25, 0.3) is 11.1 Å². The normalized spacial score (nSPS) is 22.2. The molecule has 2 fully saturated rings. The molecular weight excluding hydrogens is 554 g/mol. The number of amides is 3. The first-order valence-corrected chi connectivity index (χ1v) is 15.6. The number of carbonyl (C=O) groups is 3. The van der Waals surface area contributed by atoms with E-state index in [1.807, 2.05) is 30.3 Å². The number of carbonyl (C=O) groups excluding carboxylic acids is 3. The number of hydrogen-bond acceptors (Lipinski definition) is 6. The van der Waals surface area contributed by atoms with Gasteiger partial charge in [0, 0.05) is 31.5 Å². The molecular formula is C35H41N5O4. The lowest BCUT2D eigenvalue weighted by molar-refractivity contribution is -0.130. The second-order valence-electron chi connectivity index (χ2n) is 12.5. The predicted molar refractivity (Wildman–Crippen MR) is 172 cm³/mol. The average molecular weight is 596 g/mol. The number of fused-ring (bicyclic) bond motifs is 2. The summed E-state index contributed by atoms with van der Waals surface area (Å²) in [5.41, 5.74) is 8.12. The van der Waals surface area contributed by atoms with Gasteiger partial charge in [-0.05, 0) is 85.9 Å². The van der Waals surface area contributed by atoms with Crippen molar-refractivity contribution in [1.82, 2.24) is 10.6 Å². The molecule has 230 valence electrons. The van der Waals surface area contributed by atoms with Gasteiger partial charge in [-0.1, -0.05) is 48.0 Å². The van der Waals surface area contributed by atoms with E-state index < -0.39 is 6.04 Å². The van der Waals surface area contributed by atoms with E-state index in [1.165, 1.54) is 23.6 Å². The molecule has 3 aromatic rings. The van der Waals surface area contributed by atoms with Crippen molar-refractivity contribution in [3.8, 4) is 11.1 Å². The summed E-state index contributed by atoms with van der Waals surface area (Å²) in [5.74, 6) is -0.169. The van der Waals surface area contributed by atoms with Crippen molar-refractivity contribution < 1.29 is 19.1 Å². The zero-order valence-corrected chi connectivity index (χ0v) is 25.5. The summed E-state index contributed by atoms with van der Waals surface area (Å²) in [4.78, 5) is 38.5. The molecule has 9 nitrogen and oxygen atoms in total. The minimum atomic E-state index is -0.746. The summed E-state index contributed by atoms with van der Waals surface area (Å²) in [6, 6.07) is 19.6. The van der Waals surface area contributed by atoms with Crippen molar-refractivity contribution in [3.63, 3.8) is 0 Å². The number of epoxide rings is 1. The van der Waals surface area contributed by atoms with Crippen LogP contribution in [0.15, 0.2) is 60.7 Å². The topological polar surface area (TPSA) is 124 Å². The van der Waals surface area contributed by atoms with Crippen LogP contribution < -0.4 is 26.6 Å². The van der Waals surface area contributed by atoms with Crippen LogP contribution in [0.5, 0.6) is 0 Å². The van der Waals surface area contributed by atoms with E-state index in [0.717, 1.165) is 48.2 Å². The Bertz CT molecular complexity index is 1550. The Morgan fingerprint density at radius 1 is 0.886 bits per heavy atom. The van der Waals surface area contributed by atoms with E-state index >= 15 is 0 Å². The number of aryl methyl sites for hydroxylation is 2. The van der Waals surface area contributed by atoms with Crippen molar-refractivity contribution in [2.75, 3.05) is 22.5 Å². The zero-order valence-electron chi connectivity index (χ0n) is 25.5. The molecule has 0 aromatic heterocycles. The number of ether oxygens (including phenoxy) is 1. The van der Waals surface area contributed by atoms with Crippen molar-refractivity contribution >= 4 is 34.8 Å². The summed E-state index contributed by atoms with van der Waals surface area (Å²) >= 11 is 0. The molecule has 2 aliphatic heterocycles. The number of benzene rings is 3. The highest BCUT2D eigenvalue weighted by Crippen LogP contribution is 2.38. The Morgan fingerprint density at radius 3 is 2.32 bits per heavy atom. The Hall–Kier alpha value is -4.37. The molecule has 0 spiro atoms. The lowest BCUT2D eigenvalue weighted by Crippen LogP contribution is -2.48. The van der Waals surface area contributed by atoms with E-state index in [4.69, 9.17) is 4.74 Å². The molecule has 1 saturated heterocycles. The second kappa shape index (κ2) is 12.7. The monoisotopic (exact) mass is 595 g/mol. The first kappa shape index (κ1) is 29.7. The second-order valence-corrected chi connectivity index (χ2v) is 12.5. The lowest BCUT2D eigenvalue weighted by atomic mass is 9.81. The van der Waals surface area contributed by atoms with Gasteiger partial charge in [0.2, 0.25) is 17.7 Å². The molecule has 3 atom stereocenters. The van der Waals surface area contributed by atoms with Gasteiger partial charge in [-0.15, -0.1) is 0 Å². The van der Waals surface area contributed by atoms with Crippen molar-refractivity contribution in [2.45, 2.75) is 71.4 Å². The molecule has 1 aliphatic carbocycles. The number of hydrogen-bond donors (Lipinski definition) is 5. The van der Waals surface area contributed by atoms with Crippen LogP contribution in [0.2, 0.25) is 0 Å². The first-order valence-electron chi connectivity index (χ1n) is 15.6. The van der Waals surface area contributed by atoms with Crippen molar-refractivity contribution in [2.24, 2.45) is 11.8 Å². The summed E-state index contributed by atoms with van der Waals surface area (Å²) in [6.07, 6.45) is 3.52. The summed E-state index contributed by atoms with van der Waals surface area (Å²) in [7, 11) is 0. The number of anilines is 3.